The summed E-state index contributed by atoms with van der Waals surface area (Å²) in [5.41, 5.74) is 2.62. The first-order valence-corrected chi connectivity index (χ1v) is 7.06. The van der Waals surface area contributed by atoms with Crippen LogP contribution in [0.5, 0.6) is 0 Å². The molecule has 3 heterocycles. The van der Waals surface area contributed by atoms with Gasteiger partial charge in [-0.2, -0.15) is 0 Å². The second-order valence-corrected chi connectivity index (χ2v) is 5.77. The van der Waals surface area contributed by atoms with E-state index < -0.39 is 0 Å². The highest BCUT2D eigenvalue weighted by Gasteiger charge is 2.35. The van der Waals surface area contributed by atoms with Crippen LogP contribution in [0.4, 0.5) is 0 Å². The van der Waals surface area contributed by atoms with Crippen LogP contribution in [-0.4, -0.2) is 41.5 Å². The minimum Gasteiger partial charge on any atom is -0.337 e. The van der Waals surface area contributed by atoms with Gasteiger partial charge in [-0.3, -0.25) is 4.79 Å². The van der Waals surface area contributed by atoms with Gasteiger partial charge in [-0.1, -0.05) is 0 Å². The summed E-state index contributed by atoms with van der Waals surface area (Å²) in [6, 6.07) is 0.640. The third kappa shape index (κ3) is 1.98. The van der Waals surface area contributed by atoms with Crippen molar-refractivity contribution in [2.24, 2.45) is 5.92 Å². The zero-order chi connectivity index (χ0) is 11.8. The zero-order valence-electron chi connectivity index (χ0n) is 9.98. The fourth-order valence-electron chi connectivity index (χ4n) is 2.88. The van der Waals surface area contributed by atoms with Gasteiger partial charge in [-0.15, -0.1) is 11.3 Å². The smallest absolute Gasteiger partial charge is 0.265 e. The monoisotopic (exact) mass is 251 g/mol. The summed E-state index contributed by atoms with van der Waals surface area (Å²) >= 11 is 1.46. The molecular formula is C12H17N3OS. The van der Waals surface area contributed by atoms with E-state index in [1.807, 2.05) is 11.8 Å². The number of thiazole rings is 1. The number of hydrogen-bond acceptors (Lipinski definition) is 4. The molecule has 5 heteroatoms. The summed E-state index contributed by atoms with van der Waals surface area (Å²) in [4.78, 5) is 19.3. The van der Waals surface area contributed by atoms with Gasteiger partial charge in [0.15, 0.2) is 0 Å². The number of amides is 1. The van der Waals surface area contributed by atoms with Crippen molar-refractivity contribution in [1.29, 1.82) is 0 Å². The summed E-state index contributed by atoms with van der Waals surface area (Å²) in [5.74, 6) is 0.830. The highest BCUT2D eigenvalue weighted by molar-refractivity contribution is 7.11. The molecule has 17 heavy (non-hydrogen) atoms. The molecule has 0 aromatic carbocycles. The first-order chi connectivity index (χ1) is 8.25. The topological polar surface area (TPSA) is 45.2 Å². The predicted octanol–water partition coefficient (Wildman–Crippen LogP) is 1.28. The van der Waals surface area contributed by atoms with Crippen molar-refractivity contribution in [3.8, 4) is 0 Å². The number of nitrogens with one attached hydrogen (secondary N) is 1. The maximum Gasteiger partial charge on any atom is 0.265 e. The number of piperidine rings is 1. The number of rotatable bonds is 1. The second-order valence-electron chi connectivity index (χ2n) is 4.92. The van der Waals surface area contributed by atoms with Gasteiger partial charge in [0.05, 0.1) is 11.2 Å². The molecule has 1 amide bonds. The van der Waals surface area contributed by atoms with Crippen LogP contribution in [0.25, 0.3) is 0 Å². The molecule has 0 aliphatic carbocycles. The number of aromatic nitrogens is 1. The lowest BCUT2D eigenvalue weighted by Gasteiger charge is -2.34. The van der Waals surface area contributed by atoms with E-state index in [0.29, 0.717) is 12.0 Å². The van der Waals surface area contributed by atoms with Gasteiger partial charge in [-0.25, -0.2) is 4.98 Å². The van der Waals surface area contributed by atoms with E-state index in [0.717, 1.165) is 36.6 Å². The lowest BCUT2D eigenvalue weighted by molar-refractivity contribution is 0.0666. The Hall–Kier alpha value is -0.940. The van der Waals surface area contributed by atoms with E-state index >= 15 is 0 Å². The first kappa shape index (κ1) is 11.2. The molecule has 0 spiro atoms. The molecule has 92 valence electrons. The largest absolute Gasteiger partial charge is 0.337 e. The third-order valence-corrected chi connectivity index (χ3v) is 4.80. The first-order valence-electron chi connectivity index (χ1n) is 6.18. The van der Waals surface area contributed by atoms with Gasteiger partial charge in [0.25, 0.3) is 5.91 Å². The highest BCUT2D eigenvalue weighted by Crippen LogP contribution is 2.26. The van der Waals surface area contributed by atoms with Gasteiger partial charge < -0.3 is 10.2 Å². The molecule has 2 unspecified atom stereocenters. The summed E-state index contributed by atoms with van der Waals surface area (Å²) < 4.78 is 0. The number of likely N-dealkylation sites (tertiary alicyclic amines) is 1. The van der Waals surface area contributed by atoms with Crippen molar-refractivity contribution in [3.63, 3.8) is 0 Å². The van der Waals surface area contributed by atoms with Crippen molar-refractivity contribution in [2.75, 3.05) is 19.6 Å². The molecule has 1 aromatic heterocycles. The van der Waals surface area contributed by atoms with E-state index in [-0.39, 0.29) is 5.91 Å². The van der Waals surface area contributed by atoms with Gasteiger partial charge >= 0.3 is 0 Å². The van der Waals surface area contributed by atoms with Crippen molar-refractivity contribution in [2.45, 2.75) is 25.8 Å². The number of carbonyl (C=O) groups is 1. The molecule has 4 nitrogen and oxygen atoms in total. The van der Waals surface area contributed by atoms with Crippen LogP contribution in [0.15, 0.2) is 5.51 Å². The highest BCUT2D eigenvalue weighted by atomic mass is 32.1. The summed E-state index contributed by atoms with van der Waals surface area (Å²) in [6.07, 6.45) is 2.30. The van der Waals surface area contributed by atoms with E-state index in [9.17, 15) is 4.79 Å². The Bertz CT molecular complexity index is 431. The van der Waals surface area contributed by atoms with E-state index in [1.165, 1.54) is 17.8 Å². The summed E-state index contributed by atoms with van der Waals surface area (Å²) in [5, 5.41) is 3.52. The average Bonchev–Trinajstić information content (AvgIpc) is 2.95. The standard InChI is InChI=1S/C12H17N3OS/c1-8-11(17-7-14-8)12(16)15-5-3-10-9(6-15)2-4-13-10/h7,9-10,13H,2-6H2,1H3. The molecule has 3 rings (SSSR count). The van der Waals surface area contributed by atoms with Crippen LogP contribution in [0.2, 0.25) is 0 Å². The molecule has 2 fully saturated rings. The van der Waals surface area contributed by atoms with Crippen molar-refractivity contribution < 1.29 is 4.79 Å². The average molecular weight is 251 g/mol. The second kappa shape index (κ2) is 4.38. The van der Waals surface area contributed by atoms with Crippen LogP contribution in [0.1, 0.15) is 28.2 Å². The lowest BCUT2D eigenvalue weighted by Crippen LogP contribution is -2.46. The number of aryl methyl sites for hydroxylation is 1. The number of fused-ring (bicyclic) bond motifs is 1. The Morgan fingerprint density at radius 2 is 2.47 bits per heavy atom. The van der Waals surface area contributed by atoms with Crippen LogP contribution in [-0.2, 0) is 0 Å². The Morgan fingerprint density at radius 3 is 3.24 bits per heavy atom. The fourth-order valence-corrected chi connectivity index (χ4v) is 3.65. The quantitative estimate of drug-likeness (QED) is 0.817. The van der Waals surface area contributed by atoms with Crippen LogP contribution in [0, 0.1) is 12.8 Å². The van der Waals surface area contributed by atoms with Crippen molar-refractivity contribution in [1.82, 2.24) is 15.2 Å². The molecule has 1 aromatic rings. The predicted molar refractivity (Wildman–Crippen MR) is 67.3 cm³/mol. The van der Waals surface area contributed by atoms with Gasteiger partial charge in [0, 0.05) is 19.1 Å². The van der Waals surface area contributed by atoms with Crippen LogP contribution in [0.3, 0.4) is 0 Å². The molecule has 2 aliphatic rings. The Kier molecular flexibility index (Phi) is 2.88. The molecule has 2 atom stereocenters. The Labute approximate surface area is 105 Å². The van der Waals surface area contributed by atoms with Gasteiger partial charge in [0.2, 0.25) is 0 Å². The lowest BCUT2D eigenvalue weighted by atomic mass is 9.93. The molecule has 0 bridgehead atoms. The number of carbonyl (C=O) groups excluding carboxylic acids is 1. The molecule has 2 saturated heterocycles. The minimum atomic E-state index is 0.176. The summed E-state index contributed by atoms with van der Waals surface area (Å²) in [7, 11) is 0. The minimum absolute atomic E-state index is 0.176. The molecule has 2 aliphatic heterocycles. The van der Waals surface area contributed by atoms with Gasteiger partial charge in [-0.05, 0) is 32.2 Å². The van der Waals surface area contributed by atoms with E-state index in [4.69, 9.17) is 0 Å². The van der Waals surface area contributed by atoms with Crippen molar-refractivity contribution >= 4 is 17.2 Å². The molecule has 1 N–H and O–H groups in total. The van der Waals surface area contributed by atoms with Crippen molar-refractivity contribution in [3.05, 3.63) is 16.1 Å². The van der Waals surface area contributed by atoms with E-state index in [1.54, 1.807) is 5.51 Å². The maximum absolute atomic E-state index is 12.3. The molecule has 0 saturated carbocycles. The summed E-state index contributed by atoms with van der Waals surface area (Å²) in [6.45, 7) is 4.81. The SMILES string of the molecule is Cc1ncsc1C(=O)N1CCC2NCCC2C1. The zero-order valence-corrected chi connectivity index (χ0v) is 10.8. The van der Waals surface area contributed by atoms with Crippen LogP contribution >= 0.6 is 11.3 Å². The maximum atomic E-state index is 12.3. The number of nitrogens with zero attached hydrogens (tertiary/aromatic N) is 2. The Morgan fingerprint density at radius 1 is 1.59 bits per heavy atom. The Balaban J connectivity index is 1.73. The fraction of sp³-hybridized carbons (Fsp3) is 0.667. The van der Waals surface area contributed by atoms with E-state index in [2.05, 4.69) is 10.3 Å². The van der Waals surface area contributed by atoms with Crippen LogP contribution < -0.4 is 5.32 Å². The van der Waals surface area contributed by atoms with Gasteiger partial charge in [0.1, 0.15) is 4.88 Å². The molecule has 0 radical (unpaired) electrons. The normalized spacial score (nSPS) is 28.2. The molecular weight excluding hydrogens is 234 g/mol. The third-order valence-electron chi connectivity index (χ3n) is 3.88. The number of hydrogen-bond donors (Lipinski definition) is 1.